The summed E-state index contributed by atoms with van der Waals surface area (Å²) in [6.07, 6.45) is 25.8. The van der Waals surface area contributed by atoms with Gasteiger partial charge in [0.15, 0.2) is 0 Å². The second kappa shape index (κ2) is 38.2. The van der Waals surface area contributed by atoms with Gasteiger partial charge >= 0.3 is 20.4 Å². The van der Waals surface area contributed by atoms with Crippen molar-refractivity contribution in [3.05, 3.63) is 59.2 Å². The van der Waals surface area contributed by atoms with Crippen molar-refractivity contribution in [1.29, 1.82) is 0 Å². The number of hydrogen-bond donors (Lipinski definition) is 0. The number of carboxylic acid groups (broad SMARTS) is 2. The standard InChI is InChI=1S/2C21H37N.2C2H4O2.Pd/c2*1-5-9-12-18(7-3)16-20-14-11-15-21(22-20)17-19(8-4)13-10-6-2;2*1-2(3)4;/h2*11,14-15,18-19H,5-10,12-13,16-17H2,1-4H3;2*1H3,(H,3,4);/q;;;;+2/p-2/t2*18-,19+;;;. The van der Waals surface area contributed by atoms with Crippen LogP contribution < -0.4 is 10.2 Å². The summed E-state index contributed by atoms with van der Waals surface area (Å²) in [4.78, 5) is 27.7. The van der Waals surface area contributed by atoms with Gasteiger partial charge in [-0.3, -0.25) is 9.97 Å². The fourth-order valence-corrected chi connectivity index (χ4v) is 6.47. The van der Waals surface area contributed by atoms with Crippen LogP contribution in [0.3, 0.4) is 0 Å². The Hall–Kier alpha value is -2.10. The van der Waals surface area contributed by atoms with Gasteiger partial charge in [-0.05, 0) is 87.5 Å². The molecule has 0 aliphatic rings. The fourth-order valence-electron chi connectivity index (χ4n) is 6.47. The molecule has 53 heavy (non-hydrogen) atoms. The van der Waals surface area contributed by atoms with Gasteiger partial charge in [0.05, 0.1) is 0 Å². The van der Waals surface area contributed by atoms with Crippen molar-refractivity contribution in [1.82, 2.24) is 9.97 Å². The number of aliphatic carboxylic acids is 2. The molecule has 0 saturated heterocycles. The number of carbonyl (C=O) groups is 2. The Morgan fingerprint density at radius 3 is 0.811 bits per heavy atom. The average molecular weight is 832 g/mol. The number of pyridine rings is 2. The maximum atomic E-state index is 8.89. The Morgan fingerprint density at radius 2 is 0.660 bits per heavy atom. The SMILES string of the molecule is CC(=O)[O-].CC(=O)[O-].CCCC[C@@H](CC)Cc1cccc(C[C@@H](CC)CCCC)n1.CCCC[C@@H](CC)Cc1cccc(C[C@@H](CC)CCCC)n1.[Pd+2]. The first-order chi connectivity index (χ1) is 24.9. The molecule has 0 amide bonds. The van der Waals surface area contributed by atoms with E-state index in [1.807, 2.05) is 0 Å². The Morgan fingerprint density at radius 1 is 0.472 bits per heavy atom. The number of unbranched alkanes of at least 4 members (excludes halogenated alkanes) is 4. The Bertz CT molecular complexity index is 966. The van der Waals surface area contributed by atoms with Crippen LogP contribution in [0.25, 0.3) is 0 Å². The summed E-state index contributed by atoms with van der Waals surface area (Å²) in [6, 6.07) is 13.3. The third-order valence-electron chi connectivity index (χ3n) is 9.89. The van der Waals surface area contributed by atoms with Gasteiger partial charge in [-0.2, -0.15) is 0 Å². The third kappa shape index (κ3) is 34.2. The molecule has 2 aromatic rings. The molecule has 6 nitrogen and oxygen atoms in total. The molecular formula is C46H80N2O4Pd. The number of aromatic nitrogens is 2. The number of carbonyl (C=O) groups excluding carboxylic acids is 2. The first-order valence-corrected chi connectivity index (χ1v) is 21.2. The van der Waals surface area contributed by atoms with Crippen LogP contribution in [0, 0.1) is 23.7 Å². The van der Waals surface area contributed by atoms with Crippen molar-refractivity contribution in [3.63, 3.8) is 0 Å². The molecule has 4 atom stereocenters. The molecule has 0 unspecified atom stereocenters. The van der Waals surface area contributed by atoms with E-state index in [-0.39, 0.29) is 20.4 Å². The van der Waals surface area contributed by atoms with Crippen LogP contribution in [0.5, 0.6) is 0 Å². The molecule has 0 aliphatic carbocycles. The second-order valence-corrected chi connectivity index (χ2v) is 14.7. The number of rotatable bonds is 24. The van der Waals surface area contributed by atoms with Gasteiger partial charge in [-0.15, -0.1) is 0 Å². The van der Waals surface area contributed by atoms with Gasteiger partial charge in [0.1, 0.15) is 0 Å². The van der Waals surface area contributed by atoms with Gasteiger partial charge in [0.2, 0.25) is 0 Å². The van der Waals surface area contributed by atoms with Gasteiger partial charge in [0.25, 0.3) is 0 Å². The largest absolute Gasteiger partial charge is 2.00 e. The fraction of sp³-hybridized carbons (Fsp3) is 0.739. The van der Waals surface area contributed by atoms with E-state index >= 15 is 0 Å². The van der Waals surface area contributed by atoms with E-state index in [2.05, 4.69) is 91.8 Å². The van der Waals surface area contributed by atoms with E-state index in [0.717, 1.165) is 63.2 Å². The molecular weight excluding hydrogens is 751 g/mol. The zero-order valence-corrected chi connectivity index (χ0v) is 37.3. The molecule has 308 valence electrons. The van der Waals surface area contributed by atoms with Crippen molar-refractivity contribution in [2.45, 2.75) is 198 Å². The van der Waals surface area contributed by atoms with E-state index in [1.165, 1.54) is 126 Å². The van der Waals surface area contributed by atoms with Crippen LogP contribution in [-0.2, 0) is 55.7 Å². The van der Waals surface area contributed by atoms with Crippen LogP contribution in [0.15, 0.2) is 36.4 Å². The Labute approximate surface area is 341 Å². The van der Waals surface area contributed by atoms with Crippen LogP contribution in [0.2, 0.25) is 0 Å². The molecule has 0 spiro atoms. The molecule has 2 aromatic heterocycles. The van der Waals surface area contributed by atoms with E-state index in [1.54, 1.807) is 0 Å². The van der Waals surface area contributed by atoms with Crippen LogP contribution in [0.4, 0.5) is 0 Å². The summed E-state index contributed by atoms with van der Waals surface area (Å²) in [5, 5.41) is 17.8. The molecule has 0 saturated carbocycles. The van der Waals surface area contributed by atoms with Crippen LogP contribution in [-0.4, -0.2) is 21.9 Å². The zero-order chi connectivity index (χ0) is 39.6. The van der Waals surface area contributed by atoms with Crippen molar-refractivity contribution < 1.29 is 40.2 Å². The summed E-state index contributed by atoms with van der Waals surface area (Å²) in [7, 11) is 0. The summed E-state index contributed by atoms with van der Waals surface area (Å²) in [5.74, 6) is 1.07. The number of hydrogen-bond acceptors (Lipinski definition) is 6. The summed E-state index contributed by atoms with van der Waals surface area (Å²) in [6.45, 7) is 20.4. The van der Waals surface area contributed by atoms with E-state index in [4.69, 9.17) is 29.8 Å². The van der Waals surface area contributed by atoms with E-state index in [0.29, 0.717) is 0 Å². The summed E-state index contributed by atoms with van der Waals surface area (Å²) < 4.78 is 0. The predicted octanol–water partition coefficient (Wildman–Crippen LogP) is 10.7. The topological polar surface area (TPSA) is 106 Å². The van der Waals surface area contributed by atoms with Crippen molar-refractivity contribution >= 4 is 11.9 Å². The minimum Gasteiger partial charge on any atom is -0.550 e. The van der Waals surface area contributed by atoms with Crippen molar-refractivity contribution in [3.8, 4) is 0 Å². The van der Waals surface area contributed by atoms with E-state index < -0.39 is 11.9 Å². The second-order valence-electron chi connectivity index (χ2n) is 14.7. The monoisotopic (exact) mass is 831 g/mol. The molecule has 7 heteroatoms. The van der Waals surface area contributed by atoms with Gasteiger partial charge in [-0.25, -0.2) is 0 Å². The third-order valence-corrected chi connectivity index (χ3v) is 9.89. The van der Waals surface area contributed by atoms with Gasteiger partial charge in [0, 0.05) is 34.7 Å². The normalized spacial score (nSPS) is 12.6. The molecule has 0 fully saturated rings. The van der Waals surface area contributed by atoms with Crippen LogP contribution >= 0.6 is 0 Å². The first kappa shape index (κ1) is 55.2. The summed E-state index contributed by atoms with van der Waals surface area (Å²) >= 11 is 0. The number of nitrogens with zero attached hydrogens (tertiary/aromatic N) is 2. The Balaban J connectivity index is -0.000000771. The molecule has 0 bridgehead atoms. The quantitative estimate of drug-likeness (QED) is 0.0976. The molecule has 0 aromatic carbocycles. The smallest absolute Gasteiger partial charge is 0.550 e. The van der Waals surface area contributed by atoms with Gasteiger partial charge in [-0.1, -0.05) is 170 Å². The first-order valence-electron chi connectivity index (χ1n) is 21.2. The minimum atomic E-state index is -1.08. The van der Waals surface area contributed by atoms with Crippen molar-refractivity contribution in [2.75, 3.05) is 0 Å². The predicted molar refractivity (Wildman–Crippen MR) is 218 cm³/mol. The Kier molecular flexibility index (Phi) is 39.8. The zero-order valence-electron chi connectivity index (χ0n) is 35.8. The summed E-state index contributed by atoms with van der Waals surface area (Å²) in [5.41, 5.74) is 5.24. The molecule has 0 radical (unpaired) electrons. The van der Waals surface area contributed by atoms with Gasteiger partial charge < -0.3 is 19.8 Å². The maximum Gasteiger partial charge on any atom is 2.00 e. The van der Waals surface area contributed by atoms with Crippen LogP contribution in [0.1, 0.15) is 195 Å². The minimum absolute atomic E-state index is 0. The molecule has 2 rings (SSSR count). The average Bonchev–Trinajstić information content (AvgIpc) is 3.12. The molecule has 0 N–H and O–H groups in total. The molecule has 2 heterocycles. The van der Waals surface area contributed by atoms with Crippen molar-refractivity contribution in [2.24, 2.45) is 23.7 Å². The molecule has 0 aliphatic heterocycles. The number of carboxylic acids is 2. The van der Waals surface area contributed by atoms with E-state index in [9.17, 15) is 0 Å². The maximum absolute atomic E-state index is 8.89.